The van der Waals surface area contributed by atoms with E-state index >= 15 is 0 Å². The number of nitrogens with two attached hydrogens (primary N) is 1. The molecule has 62 valence electrons. The Bertz CT molecular complexity index is 222. The summed E-state index contributed by atoms with van der Waals surface area (Å²) in [5, 5.41) is 0.329. The zero-order chi connectivity index (χ0) is 7.56. The standard InChI is InChI=1S/C6H6ClFN2.ClH/c7-5-1-2-10-6(8)4(5)3-9;/h1-2H,3,9H2;1H. The maximum absolute atomic E-state index is 12.6. The molecule has 0 aliphatic rings. The molecule has 5 heteroatoms. The summed E-state index contributed by atoms with van der Waals surface area (Å²) in [7, 11) is 0. The average Bonchev–Trinajstić information content (AvgIpc) is 1.88. The highest BCUT2D eigenvalue weighted by molar-refractivity contribution is 6.31. The first-order chi connectivity index (χ1) is 4.75. The van der Waals surface area contributed by atoms with Crippen molar-refractivity contribution in [3.63, 3.8) is 0 Å². The van der Waals surface area contributed by atoms with Gasteiger partial charge in [0.25, 0.3) is 0 Å². The van der Waals surface area contributed by atoms with Crippen LogP contribution < -0.4 is 5.73 Å². The second-order valence-corrected chi connectivity index (χ2v) is 2.17. The Morgan fingerprint density at radius 1 is 1.64 bits per heavy atom. The van der Waals surface area contributed by atoms with Gasteiger partial charge in [-0.2, -0.15) is 4.39 Å². The topological polar surface area (TPSA) is 38.9 Å². The molecule has 0 aliphatic heterocycles. The maximum Gasteiger partial charge on any atom is 0.218 e. The molecule has 0 saturated carbocycles. The van der Waals surface area contributed by atoms with E-state index in [1.807, 2.05) is 0 Å². The van der Waals surface area contributed by atoms with E-state index in [9.17, 15) is 4.39 Å². The van der Waals surface area contributed by atoms with Crippen LogP contribution in [-0.2, 0) is 6.54 Å². The molecule has 1 aromatic heterocycles. The Morgan fingerprint density at radius 2 is 2.27 bits per heavy atom. The number of hydrogen-bond acceptors (Lipinski definition) is 2. The van der Waals surface area contributed by atoms with Crippen molar-refractivity contribution < 1.29 is 4.39 Å². The molecule has 0 bridgehead atoms. The van der Waals surface area contributed by atoms with Crippen molar-refractivity contribution in [1.82, 2.24) is 4.98 Å². The van der Waals surface area contributed by atoms with Gasteiger partial charge in [0.15, 0.2) is 0 Å². The van der Waals surface area contributed by atoms with Crippen LogP contribution in [0.15, 0.2) is 12.3 Å². The molecule has 1 heterocycles. The molecule has 0 radical (unpaired) electrons. The largest absolute Gasteiger partial charge is 0.326 e. The third kappa shape index (κ3) is 2.29. The first kappa shape index (κ1) is 10.6. The molecule has 0 aliphatic carbocycles. The van der Waals surface area contributed by atoms with Crippen LogP contribution in [0.3, 0.4) is 0 Å². The molecule has 1 aromatic rings. The van der Waals surface area contributed by atoms with E-state index in [2.05, 4.69) is 4.98 Å². The lowest BCUT2D eigenvalue weighted by molar-refractivity contribution is 0.567. The molecule has 0 amide bonds. The Hall–Kier alpha value is -0.380. The van der Waals surface area contributed by atoms with Crippen molar-refractivity contribution in [2.45, 2.75) is 6.54 Å². The smallest absolute Gasteiger partial charge is 0.218 e. The molecule has 0 atom stereocenters. The minimum atomic E-state index is -0.588. The van der Waals surface area contributed by atoms with Gasteiger partial charge in [0.2, 0.25) is 5.95 Å². The van der Waals surface area contributed by atoms with Crippen molar-refractivity contribution in [1.29, 1.82) is 0 Å². The van der Waals surface area contributed by atoms with Gasteiger partial charge in [-0.05, 0) is 6.07 Å². The van der Waals surface area contributed by atoms with Crippen LogP contribution in [-0.4, -0.2) is 4.98 Å². The van der Waals surface area contributed by atoms with Crippen LogP contribution in [0.2, 0.25) is 5.02 Å². The van der Waals surface area contributed by atoms with E-state index in [1.165, 1.54) is 12.3 Å². The number of pyridine rings is 1. The number of hydrogen-bond donors (Lipinski definition) is 1. The molecular weight excluding hydrogens is 190 g/mol. The monoisotopic (exact) mass is 196 g/mol. The van der Waals surface area contributed by atoms with Gasteiger partial charge in [-0.1, -0.05) is 11.6 Å². The average molecular weight is 197 g/mol. The van der Waals surface area contributed by atoms with E-state index in [0.29, 0.717) is 5.02 Å². The Morgan fingerprint density at radius 3 is 2.64 bits per heavy atom. The van der Waals surface area contributed by atoms with Crippen LogP contribution in [0, 0.1) is 5.95 Å². The molecule has 0 unspecified atom stereocenters. The number of nitrogens with zero attached hydrogens (tertiary/aromatic N) is 1. The summed E-state index contributed by atoms with van der Waals surface area (Å²) in [4.78, 5) is 3.38. The van der Waals surface area contributed by atoms with Crippen LogP contribution >= 0.6 is 24.0 Å². The molecule has 0 aromatic carbocycles. The second-order valence-electron chi connectivity index (χ2n) is 1.77. The van der Waals surface area contributed by atoms with Crippen LogP contribution in [0.5, 0.6) is 0 Å². The normalized spacial score (nSPS) is 9.00. The third-order valence-corrected chi connectivity index (χ3v) is 1.50. The van der Waals surface area contributed by atoms with Gasteiger partial charge in [0, 0.05) is 18.3 Å². The van der Waals surface area contributed by atoms with Crippen molar-refractivity contribution in [3.8, 4) is 0 Å². The van der Waals surface area contributed by atoms with E-state index in [4.69, 9.17) is 17.3 Å². The lowest BCUT2D eigenvalue weighted by Gasteiger charge is -1.98. The van der Waals surface area contributed by atoms with Gasteiger partial charge in [-0.25, -0.2) is 4.98 Å². The summed E-state index contributed by atoms with van der Waals surface area (Å²) in [6, 6.07) is 1.51. The van der Waals surface area contributed by atoms with Crippen molar-refractivity contribution in [2.24, 2.45) is 5.73 Å². The minimum Gasteiger partial charge on any atom is -0.326 e. The maximum atomic E-state index is 12.6. The molecular formula is C6H7Cl2FN2. The van der Waals surface area contributed by atoms with Gasteiger partial charge >= 0.3 is 0 Å². The van der Waals surface area contributed by atoms with Crippen molar-refractivity contribution in [2.75, 3.05) is 0 Å². The fourth-order valence-electron chi connectivity index (χ4n) is 0.627. The molecule has 1 rings (SSSR count). The lowest BCUT2D eigenvalue weighted by Crippen LogP contribution is -2.01. The van der Waals surface area contributed by atoms with Crippen LogP contribution in [0.4, 0.5) is 4.39 Å². The van der Waals surface area contributed by atoms with E-state index in [-0.39, 0.29) is 24.5 Å². The van der Waals surface area contributed by atoms with Gasteiger partial charge in [0.1, 0.15) is 0 Å². The third-order valence-electron chi connectivity index (χ3n) is 1.15. The van der Waals surface area contributed by atoms with Gasteiger partial charge in [0.05, 0.1) is 5.02 Å². The van der Waals surface area contributed by atoms with Gasteiger partial charge < -0.3 is 5.73 Å². The lowest BCUT2D eigenvalue weighted by atomic mass is 10.3. The summed E-state index contributed by atoms with van der Waals surface area (Å²) in [5.41, 5.74) is 5.45. The molecule has 11 heavy (non-hydrogen) atoms. The predicted octanol–water partition coefficient (Wildman–Crippen LogP) is 1.75. The SMILES string of the molecule is Cl.NCc1c(Cl)ccnc1F. The summed E-state index contributed by atoms with van der Waals surface area (Å²) < 4.78 is 12.6. The highest BCUT2D eigenvalue weighted by Crippen LogP contribution is 2.15. The summed E-state index contributed by atoms with van der Waals surface area (Å²) in [6.45, 7) is 0.0819. The summed E-state index contributed by atoms with van der Waals surface area (Å²) in [6.07, 6.45) is 1.30. The van der Waals surface area contributed by atoms with Crippen LogP contribution in [0.25, 0.3) is 0 Å². The first-order valence-corrected chi connectivity index (χ1v) is 3.12. The Labute approximate surface area is 75.0 Å². The molecule has 0 spiro atoms. The van der Waals surface area contributed by atoms with E-state index < -0.39 is 5.95 Å². The number of halogens is 3. The summed E-state index contributed by atoms with van der Waals surface area (Å²) >= 11 is 5.57. The number of rotatable bonds is 1. The second kappa shape index (κ2) is 4.49. The molecule has 0 saturated heterocycles. The van der Waals surface area contributed by atoms with Gasteiger partial charge in [-0.3, -0.25) is 0 Å². The highest BCUT2D eigenvalue weighted by atomic mass is 35.5. The molecule has 2 nitrogen and oxygen atoms in total. The van der Waals surface area contributed by atoms with Crippen molar-refractivity contribution >= 4 is 24.0 Å². The fraction of sp³-hybridized carbons (Fsp3) is 0.167. The molecule has 2 N–H and O–H groups in total. The Kier molecular flexibility index (Phi) is 4.33. The minimum absolute atomic E-state index is 0. The first-order valence-electron chi connectivity index (χ1n) is 2.74. The Balaban J connectivity index is 0.000001000. The fourth-order valence-corrected chi connectivity index (χ4v) is 0.838. The zero-order valence-electron chi connectivity index (χ0n) is 5.55. The quantitative estimate of drug-likeness (QED) is 0.696. The zero-order valence-corrected chi connectivity index (χ0v) is 7.12. The molecule has 0 fully saturated rings. The van der Waals surface area contributed by atoms with Gasteiger partial charge in [-0.15, -0.1) is 12.4 Å². The van der Waals surface area contributed by atoms with Crippen molar-refractivity contribution in [3.05, 3.63) is 28.8 Å². The summed E-state index contributed by atoms with van der Waals surface area (Å²) in [5.74, 6) is -0.588. The van der Waals surface area contributed by atoms with E-state index in [1.54, 1.807) is 0 Å². The van der Waals surface area contributed by atoms with E-state index in [0.717, 1.165) is 0 Å². The highest BCUT2D eigenvalue weighted by Gasteiger charge is 2.04. The number of aromatic nitrogens is 1. The van der Waals surface area contributed by atoms with Crippen LogP contribution in [0.1, 0.15) is 5.56 Å². The predicted molar refractivity (Wildman–Crippen MR) is 44.3 cm³/mol.